The van der Waals surface area contributed by atoms with Crippen LogP contribution in [0.3, 0.4) is 0 Å². The average Bonchev–Trinajstić information content (AvgIpc) is 2.78. The quantitative estimate of drug-likeness (QED) is 0.416. The van der Waals surface area contributed by atoms with E-state index in [0.29, 0.717) is 47.6 Å². The van der Waals surface area contributed by atoms with Gasteiger partial charge in [-0.1, -0.05) is 0 Å². The number of carbonyl (C=O) groups is 2. The van der Waals surface area contributed by atoms with Gasteiger partial charge >= 0.3 is 0 Å². The average molecular weight is 463 g/mol. The lowest BCUT2D eigenvalue weighted by Crippen LogP contribution is -2.45. The molecule has 3 N–H and O–H groups in total. The standard InChI is InChI=1S/C20H26N5O6P/c1-31-16-10-13-11-21-25(14-2-3-15(26)22-19(14)27)20(28)17(13)18(23-16)24-7-4-12(5-8-24)6-9-32(29)30/h10-12,14,29-30H,2-9H2,1H3,(H,22,26,27). The lowest BCUT2D eigenvalue weighted by Gasteiger charge is -2.33. The molecule has 4 rings (SSSR count). The number of amides is 2. The molecule has 2 aliphatic heterocycles. The zero-order chi connectivity index (χ0) is 22.8. The first-order valence-electron chi connectivity index (χ1n) is 10.6. The van der Waals surface area contributed by atoms with Crippen molar-refractivity contribution in [3.05, 3.63) is 22.6 Å². The minimum atomic E-state index is -1.88. The molecule has 2 fully saturated rings. The molecule has 0 spiro atoms. The van der Waals surface area contributed by atoms with Crippen molar-refractivity contribution in [2.45, 2.75) is 38.1 Å². The topological polar surface area (TPSA) is 147 Å². The van der Waals surface area contributed by atoms with Crippen molar-refractivity contribution in [2.24, 2.45) is 5.92 Å². The van der Waals surface area contributed by atoms with Crippen LogP contribution in [0.25, 0.3) is 10.8 Å². The number of rotatable bonds is 6. The van der Waals surface area contributed by atoms with Gasteiger partial charge in [0.05, 0.1) is 18.7 Å². The van der Waals surface area contributed by atoms with Crippen LogP contribution in [0.1, 0.15) is 38.1 Å². The van der Waals surface area contributed by atoms with Gasteiger partial charge < -0.3 is 19.4 Å². The highest BCUT2D eigenvalue weighted by Crippen LogP contribution is 2.33. The maximum Gasteiger partial charge on any atom is 0.279 e. The highest BCUT2D eigenvalue weighted by molar-refractivity contribution is 7.45. The minimum Gasteiger partial charge on any atom is -0.481 e. The first-order valence-corrected chi connectivity index (χ1v) is 12.0. The molecule has 2 saturated heterocycles. The number of nitrogens with one attached hydrogen (secondary N) is 1. The summed E-state index contributed by atoms with van der Waals surface area (Å²) < 4.78 is 6.46. The van der Waals surface area contributed by atoms with Crippen molar-refractivity contribution in [1.29, 1.82) is 0 Å². The third kappa shape index (κ3) is 4.60. The van der Waals surface area contributed by atoms with Crippen LogP contribution in [0.5, 0.6) is 5.88 Å². The number of ether oxygens (including phenoxy) is 1. The fraction of sp³-hybridized carbons (Fsp3) is 0.550. The molecule has 2 amide bonds. The van der Waals surface area contributed by atoms with Gasteiger partial charge in [0.2, 0.25) is 11.8 Å². The summed E-state index contributed by atoms with van der Waals surface area (Å²) in [5.74, 6) is 0.338. The number of piperidine rings is 2. The van der Waals surface area contributed by atoms with E-state index in [0.717, 1.165) is 23.9 Å². The van der Waals surface area contributed by atoms with Gasteiger partial charge in [0.15, 0.2) is 8.38 Å². The van der Waals surface area contributed by atoms with Crippen molar-refractivity contribution < 1.29 is 24.1 Å². The summed E-state index contributed by atoms with van der Waals surface area (Å²) >= 11 is 0. The first kappa shape index (κ1) is 22.6. The zero-order valence-electron chi connectivity index (χ0n) is 17.7. The van der Waals surface area contributed by atoms with E-state index >= 15 is 0 Å². The van der Waals surface area contributed by atoms with Crippen LogP contribution in [0.2, 0.25) is 0 Å². The summed E-state index contributed by atoms with van der Waals surface area (Å²) in [5, 5.41) is 7.39. The predicted octanol–water partition coefficient (Wildman–Crippen LogP) is 0.681. The molecule has 1 atom stereocenters. The van der Waals surface area contributed by atoms with Gasteiger partial charge in [0.1, 0.15) is 11.9 Å². The van der Waals surface area contributed by atoms with Crippen molar-refractivity contribution in [1.82, 2.24) is 20.1 Å². The van der Waals surface area contributed by atoms with Gasteiger partial charge in [-0.25, -0.2) is 4.68 Å². The molecule has 4 heterocycles. The predicted molar refractivity (Wildman–Crippen MR) is 118 cm³/mol. The van der Waals surface area contributed by atoms with Gasteiger partial charge in [0.25, 0.3) is 11.5 Å². The molecule has 0 bridgehead atoms. The summed E-state index contributed by atoms with van der Waals surface area (Å²) in [4.78, 5) is 62.2. The second-order valence-electron chi connectivity index (χ2n) is 8.13. The molecular weight excluding hydrogens is 437 g/mol. The molecule has 0 saturated carbocycles. The van der Waals surface area contributed by atoms with Crippen LogP contribution < -0.4 is 20.5 Å². The molecule has 32 heavy (non-hydrogen) atoms. The smallest absolute Gasteiger partial charge is 0.279 e. The van der Waals surface area contributed by atoms with Gasteiger partial charge in [-0.3, -0.25) is 19.7 Å². The Morgan fingerprint density at radius 2 is 1.97 bits per heavy atom. The van der Waals surface area contributed by atoms with E-state index < -0.39 is 25.9 Å². The molecule has 1 unspecified atom stereocenters. The Morgan fingerprint density at radius 3 is 2.62 bits per heavy atom. The molecular formula is C20H26N5O6P. The fourth-order valence-corrected chi connectivity index (χ4v) is 4.94. The van der Waals surface area contributed by atoms with Gasteiger partial charge in [0, 0.05) is 37.1 Å². The van der Waals surface area contributed by atoms with Crippen LogP contribution in [-0.4, -0.2) is 62.7 Å². The third-order valence-corrected chi connectivity index (χ3v) is 6.77. The van der Waals surface area contributed by atoms with Crippen LogP contribution >= 0.6 is 8.38 Å². The first-order chi connectivity index (χ1) is 15.4. The summed E-state index contributed by atoms with van der Waals surface area (Å²) in [7, 11) is -0.375. The fourth-order valence-electron chi connectivity index (χ4n) is 4.34. The third-order valence-electron chi connectivity index (χ3n) is 6.12. The lowest BCUT2D eigenvalue weighted by atomic mass is 9.94. The second kappa shape index (κ2) is 9.48. The highest BCUT2D eigenvalue weighted by atomic mass is 31.2. The molecule has 0 radical (unpaired) electrons. The Bertz CT molecular complexity index is 1080. The number of aromatic nitrogens is 3. The Labute approximate surface area is 185 Å². The lowest BCUT2D eigenvalue weighted by molar-refractivity contribution is -0.136. The Kier molecular flexibility index (Phi) is 6.68. The van der Waals surface area contributed by atoms with E-state index in [9.17, 15) is 24.2 Å². The zero-order valence-corrected chi connectivity index (χ0v) is 18.6. The maximum absolute atomic E-state index is 13.4. The van der Waals surface area contributed by atoms with Crippen molar-refractivity contribution in [3.63, 3.8) is 0 Å². The number of fused-ring (bicyclic) bond motifs is 1. The summed E-state index contributed by atoms with van der Waals surface area (Å²) in [5.41, 5.74) is -0.435. The van der Waals surface area contributed by atoms with Gasteiger partial charge in [-0.15, -0.1) is 0 Å². The van der Waals surface area contributed by atoms with E-state index in [-0.39, 0.29) is 18.7 Å². The van der Waals surface area contributed by atoms with Gasteiger partial charge in [-0.2, -0.15) is 10.1 Å². The van der Waals surface area contributed by atoms with Gasteiger partial charge in [-0.05, 0) is 31.6 Å². The number of methoxy groups -OCH3 is 1. The summed E-state index contributed by atoms with van der Waals surface area (Å²) in [6, 6.07) is 0.789. The Morgan fingerprint density at radius 1 is 1.22 bits per heavy atom. The highest BCUT2D eigenvalue weighted by Gasteiger charge is 2.31. The normalized spacial score (nSPS) is 20.1. The number of carbonyl (C=O) groups excluding carboxylic acids is 2. The monoisotopic (exact) mass is 463 g/mol. The number of imide groups is 1. The number of nitrogens with zero attached hydrogens (tertiary/aromatic N) is 4. The van der Waals surface area contributed by atoms with E-state index in [1.54, 1.807) is 6.07 Å². The van der Waals surface area contributed by atoms with Crippen LogP contribution in [0.15, 0.2) is 17.1 Å². The maximum atomic E-state index is 13.4. The molecule has 0 aliphatic carbocycles. The molecule has 0 aromatic carbocycles. The largest absolute Gasteiger partial charge is 0.481 e. The van der Waals surface area contributed by atoms with Crippen molar-refractivity contribution in [3.8, 4) is 5.88 Å². The number of hydrogen-bond acceptors (Lipinski definition) is 9. The molecule has 12 heteroatoms. The van der Waals surface area contributed by atoms with E-state index in [4.69, 9.17) is 4.74 Å². The molecule has 172 valence electrons. The molecule has 11 nitrogen and oxygen atoms in total. The van der Waals surface area contributed by atoms with E-state index in [1.165, 1.54) is 13.3 Å². The SMILES string of the molecule is COc1cc2cnn(C3CCC(=O)NC3=O)c(=O)c2c(N2CCC(CCP(O)O)CC2)n1. The number of anilines is 1. The Hall–Kier alpha value is -2.62. The van der Waals surface area contributed by atoms with E-state index in [2.05, 4.69) is 15.4 Å². The van der Waals surface area contributed by atoms with E-state index in [1.807, 2.05) is 4.90 Å². The summed E-state index contributed by atoms with van der Waals surface area (Å²) in [6.45, 7) is 1.32. The molecule has 2 aliphatic rings. The number of hydrogen-bond donors (Lipinski definition) is 3. The summed E-state index contributed by atoms with van der Waals surface area (Å²) in [6.07, 6.45) is 4.73. The van der Waals surface area contributed by atoms with Crippen LogP contribution in [-0.2, 0) is 9.59 Å². The minimum absolute atomic E-state index is 0.146. The van der Waals surface area contributed by atoms with Crippen molar-refractivity contribution >= 4 is 36.8 Å². The molecule has 2 aromatic heterocycles. The van der Waals surface area contributed by atoms with Crippen LogP contribution in [0, 0.1) is 5.92 Å². The van der Waals surface area contributed by atoms with Crippen molar-refractivity contribution in [2.75, 3.05) is 31.3 Å². The molecule has 2 aromatic rings. The second-order valence-corrected chi connectivity index (χ2v) is 9.32. The number of pyridine rings is 1. The Balaban J connectivity index is 1.68. The van der Waals surface area contributed by atoms with Crippen LogP contribution in [0.4, 0.5) is 5.82 Å².